The lowest BCUT2D eigenvalue weighted by Gasteiger charge is -2.31. The molecular formula is C9H17N. The van der Waals surface area contributed by atoms with Crippen molar-refractivity contribution in [2.75, 3.05) is 14.1 Å². The summed E-state index contributed by atoms with van der Waals surface area (Å²) in [5.41, 5.74) is 0. The van der Waals surface area contributed by atoms with Crippen molar-refractivity contribution in [3.63, 3.8) is 0 Å². The lowest BCUT2D eigenvalue weighted by molar-refractivity contribution is 0.216. The van der Waals surface area contributed by atoms with E-state index in [0.29, 0.717) is 0 Å². The summed E-state index contributed by atoms with van der Waals surface area (Å²) in [4.78, 5) is 2.33. The molecule has 0 heterocycles. The molecule has 1 rings (SSSR count). The second kappa shape index (κ2) is 3.20. The first kappa shape index (κ1) is 7.80. The van der Waals surface area contributed by atoms with E-state index >= 15 is 0 Å². The van der Waals surface area contributed by atoms with Crippen molar-refractivity contribution in [3.05, 3.63) is 12.2 Å². The molecule has 0 aromatic heterocycles. The number of rotatable bonds is 1. The van der Waals surface area contributed by atoms with Crippen LogP contribution in [0.3, 0.4) is 0 Å². The molecule has 58 valence electrons. The van der Waals surface area contributed by atoms with Gasteiger partial charge in [-0.25, -0.2) is 0 Å². The van der Waals surface area contributed by atoms with Crippen molar-refractivity contribution < 1.29 is 0 Å². The van der Waals surface area contributed by atoms with E-state index < -0.39 is 0 Å². The summed E-state index contributed by atoms with van der Waals surface area (Å²) in [6, 6.07) is 0.769. The van der Waals surface area contributed by atoms with E-state index in [1.165, 1.54) is 12.8 Å². The van der Waals surface area contributed by atoms with Gasteiger partial charge in [0.1, 0.15) is 0 Å². The van der Waals surface area contributed by atoms with Crippen LogP contribution in [0.15, 0.2) is 12.2 Å². The van der Waals surface area contributed by atoms with Crippen molar-refractivity contribution in [1.82, 2.24) is 4.90 Å². The molecule has 1 aliphatic carbocycles. The molecule has 2 atom stereocenters. The van der Waals surface area contributed by atoms with Crippen LogP contribution in [0.4, 0.5) is 0 Å². The molecule has 0 bridgehead atoms. The van der Waals surface area contributed by atoms with Gasteiger partial charge in [-0.15, -0.1) is 0 Å². The van der Waals surface area contributed by atoms with E-state index in [1.807, 2.05) is 0 Å². The first-order valence-electron chi connectivity index (χ1n) is 4.03. The number of allylic oxidation sites excluding steroid dienone is 1. The molecule has 0 aromatic carbocycles. The quantitative estimate of drug-likeness (QED) is 0.501. The lowest BCUT2D eigenvalue weighted by atomic mass is 9.90. The molecule has 0 amide bonds. The lowest BCUT2D eigenvalue weighted by Crippen LogP contribution is -2.34. The predicted octanol–water partition coefficient (Wildman–Crippen LogP) is 1.90. The van der Waals surface area contributed by atoms with Gasteiger partial charge in [-0.05, 0) is 32.9 Å². The van der Waals surface area contributed by atoms with Gasteiger partial charge in [-0.1, -0.05) is 19.1 Å². The van der Waals surface area contributed by atoms with E-state index in [0.717, 1.165) is 12.0 Å². The SMILES string of the molecule is C[C@@H]1CC=CCC1N(C)C. The van der Waals surface area contributed by atoms with E-state index in [1.54, 1.807) is 0 Å². The molecule has 0 N–H and O–H groups in total. The first-order chi connectivity index (χ1) is 4.72. The number of nitrogens with zero attached hydrogens (tertiary/aromatic N) is 1. The summed E-state index contributed by atoms with van der Waals surface area (Å²) in [5, 5.41) is 0. The molecule has 0 saturated heterocycles. The normalized spacial score (nSPS) is 33.2. The number of hydrogen-bond donors (Lipinski definition) is 0. The smallest absolute Gasteiger partial charge is 0.0152 e. The predicted molar refractivity (Wildman–Crippen MR) is 45.0 cm³/mol. The summed E-state index contributed by atoms with van der Waals surface area (Å²) < 4.78 is 0. The van der Waals surface area contributed by atoms with E-state index in [-0.39, 0.29) is 0 Å². The fourth-order valence-electron chi connectivity index (χ4n) is 1.66. The van der Waals surface area contributed by atoms with Gasteiger partial charge >= 0.3 is 0 Å². The average molecular weight is 139 g/mol. The molecular weight excluding hydrogens is 122 g/mol. The Balaban J connectivity index is 2.51. The molecule has 1 aliphatic rings. The third kappa shape index (κ3) is 1.60. The highest BCUT2D eigenvalue weighted by molar-refractivity contribution is 4.96. The van der Waals surface area contributed by atoms with Crippen LogP contribution < -0.4 is 0 Å². The molecule has 10 heavy (non-hydrogen) atoms. The van der Waals surface area contributed by atoms with Gasteiger partial charge in [0.2, 0.25) is 0 Å². The fraction of sp³-hybridized carbons (Fsp3) is 0.778. The van der Waals surface area contributed by atoms with Crippen molar-refractivity contribution >= 4 is 0 Å². The highest BCUT2D eigenvalue weighted by Crippen LogP contribution is 2.21. The molecule has 0 spiro atoms. The number of hydrogen-bond acceptors (Lipinski definition) is 1. The zero-order valence-electron chi connectivity index (χ0n) is 7.17. The Morgan fingerprint density at radius 2 is 1.80 bits per heavy atom. The van der Waals surface area contributed by atoms with Crippen molar-refractivity contribution in [2.24, 2.45) is 5.92 Å². The van der Waals surface area contributed by atoms with Crippen LogP contribution in [-0.4, -0.2) is 25.0 Å². The average Bonchev–Trinajstić information content (AvgIpc) is 1.88. The molecule has 0 radical (unpaired) electrons. The Bertz CT molecular complexity index is 127. The van der Waals surface area contributed by atoms with Crippen LogP contribution in [-0.2, 0) is 0 Å². The molecule has 1 unspecified atom stereocenters. The van der Waals surface area contributed by atoms with Gasteiger partial charge in [-0.3, -0.25) is 0 Å². The summed E-state index contributed by atoms with van der Waals surface area (Å²) in [6.45, 7) is 2.33. The molecule has 0 saturated carbocycles. The van der Waals surface area contributed by atoms with Crippen LogP contribution in [0.1, 0.15) is 19.8 Å². The van der Waals surface area contributed by atoms with Crippen molar-refractivity contribution in [1.29, 1.82) is 0 Å². The standard InChI is InChI=1S/C9H17N/c1-8-6-4-5-7-9(8)10(2)3/h4-5,8-9H,6-7H2,1-3H3/t8-,9?/m1/s1. The van der Waals surface area contributed by atoms with E-state index in [9.17, 15) is 0 Å². The van der Waals surface area contributed by atoms with Crippen LogP contribution in [0.2, 0.25) is 0 Å². The van der Waals surface area contributed by atoms with Gasteiger partial charge in [0.15, 0.2) is 0 Å². The van der Waals surface area contributed by atoms with Gasteiger partial charge in [0.05, 0.1) is 0 Å². The zero-order chi connectivity index (χ0) is 7.56. The van der Waals surface area contributed by atoms with Crippen LogP contribution >= 0.6 is 0 Å². The molecule has 1 nitrogen and oxygen atoms in total. The molecule has 0 aromatic rings. The van der Waals surface area contributed by atoms with Crippen molar-refractivity contribution in [3.8, 4) is 0 Å². The molecule has 1 heteroatoms. The Hall–Kier alpha value is -0.300. The Morgan fingerprint density at radius 1 is 1.20 bits per heavy atom. The Morgan fingerprint density at radius 3 is 2.20 bits per heavy atom. The summed E-state index contributed by atoms with van der Waals surface area (Å²) in [6.07, 6.45) is 7.08. The fourth-order valence-corrected chi connectivity index (χ4v) is 1.66. The Kier molecular flexibility index (Phi) is 2.50. The van der Waals surface area contributed by atoms with E-state index in [4.69, 9.17) is 0 Å². The Labute approximate surface area is 63.7 Å². The third-order valence-corrected chi connectivity index (χ3v) is 2.37. The van der Waals surface area contributed by atoms with Crippen LogP contribution in [0.25, 0.3) is 0 Å². The van der Waals surface area contributed by atoms with Crippen LogP contribution in [0.5, 0.6) is 0 Å². The maximum Gasteiger partial charge on any atom is 0.0152 e. The highest BCUT2D eigenvalue weighted by Gasteiger charge is 2.19. The molecule has 0 fully saturated rings. The summed E-state index contributed by atoms with van der Waals surface area (Å²) in [7, 11) is 4.33. The molecule has 0 aliphatic heterocycles. The largest absolute Gasteiger partial charge is 0.306 e. The van der Waals surface area contributed by atoms with Crippen LogP contribution in [0, 0.1) is 5.92 Å². The van der Waals surface area contributed by atoms with E-state index in [2.05, 4.69) is 38.1 Å². The maximum atomic E-state index is 2.33. The first-order valence-corrected chi connectivity index (χ1v) is 4.03. The topological polar surface area (TPSA) is 3.24 Å². The maximum absolute atomic E-state index is 2.33. The monoisotopic (exact) mass is 139 g/mol. The van der Waals surface area contributed by atoms with Gasteiger partial charge < -0.3 is 4.90 Å². The minimum Gasteiger partial charge on any atom is -0.306 e. The minimum atomic E-state index is 0.769. The summed E-state index contributed by atoms with van der Waals surface area (Å²) >= 11 is 0. The van der Waals surface area contributed by atoms with Gasteiger partial charge in [0, 0.05) is 6.04 Å². The van der Waals surface area contributed by atoms with Gasteiger partial charge in [-0.2, -0.15) is 0 Å². The summed E-state index contributed by atoms with van der Waals surface area (Å²) in [5.74, 6) is 0.833. The van der Waals surface area contributed by atoms with Gasteiger partial charge in [0.25, 0.3) is 0 Å². The highest BCUT2D eigenvalue weighted by atomic mass is 15.1. The second-order valence-corrected chi connectivity index (χ2v) is 3.45. The third-order valence-electron chi connectivity index (χ3n) is 2.37. The van der Waals surface area contributed by atoms with Crippen molar-refractivity contribution in [2.45, 2.75) is 25.8 Å². The zero-order valence-corrected chi connectivity index (χ0v) is 7.17. The minimum absolute atomic E-state index is 0.769. The second-order valence-electron chi connectivity index (χ2n) is 3.45.